The Balaban J connectivity index is 1.80. The number of thioether (sulfide) groups is 1. The largest absolute Gasteiger partial charge is 0.466 e. The molecule has 1 aliphatic heterocycles. The summed E-state index contributed by atoms with van der Waals surface area (Å²) < 4.78 is 5.13. The molecular formula is C23H23N5O3S. The van der Waals surface area contributed by atoms with Crippen molar-refractivity contribution in [3.8, 4) is 6.07 Å². The highest BCUT2D eigenvalue weighted by atomic mass is 32.2. The van der Waals surface area contributed by atoms with Gasteiger partial charge in [0, 0.05) is 17.5 Å². The van der Waals surface area contributed by atoms with E-state index in [2.05, 4.69) is 21.4 Å². The number of hydrogen-bond donors (Lipinski definition) is 1. The number of nitrogens with zero attached hydrogens (tertiary/aromatic N) is 4. The number of benzene rings is 1. The first-order valence-corrected chi connectivity index (χ1v) is 11.3. The second-order valence-corrected chi connectivity index (χ2v) is 8.65. The molecule has 32 heavy (non-hydrogen) atoms. The maximum Gasteiger partial charge on any atom is 0.338 e. The normalized spacial score (nSPS) is 18.2. The van der Waals surface area contributed by atoms with Crippen LogP contribution in [0, 0.1) is 25.2 Å². The third kappa shape index (κ3) is 4.18. The van der Waals surface area contributed by atoms with Crippen LogP contribution in [0.2, 0.25) is 0 Å². The van der Waals surface area contributed by atoms with Crippen molar-refractivity contribution in [2.24, 2.45) is 0 Å². The van der Waals surface area contributed by atoms with E-state index in [1.807, 2.05) is 30.3 Å². The molecule has 2 heterocycles. The van der Waals surface area contributed by atoms with Gasteiger partial charge < -0.3 is 10.1 Å². The summed E-state index contributed by atoms with van der Waals surface area (Å²) in [4.78, 5) is 36.4. The number of urea groups is 1. The number of carbonyl (C=O) groups is 2. The Kier molecular flexibility index (Phi) is 6.15. The van der Waals surface area contributed by atoms with Crippen LogP contribution in [-0.2, 0) is 9.53 Å². The van der Waals surface area contributed by atoms with Gasteiger partial charge in [0.2, 0.25) is 0 Å². The van der Waals surface area contributed by atoms with Crippen LogP contribution in [0.5, 0.6) is 0 Å². The van der Waals surface area contributed by atoms with Crippen LogP contribution < -0.4 is 5.32 Å². The molecule has 1 N–H and O–H groups in total. The molecular weight excluding hydrogens is 426 g/mol. The van der Waals surface area contributed by atoms with Crippen molar-refractivity contribution in [1.82, 2.24) is 20.2 Å². The lowest BCUT2D eigenvalue weighted by atomic mass is 9.95. The number of nitrogens with one attached hydrogen (secondary N) is 1. The van der Waals surface area contributed by atoms with Gasteiger partial charge in [0.1, 0.15) is 22.5 Å². The molecule has 1 saturated carbocycles. The molecule has 0 spiro atoms. The maximum atomic E-state index is 13.1. The van der Waals surface area contributed by atoms with Crippen molar-refractivity contribution in [1.29, 1.82) is 5.26 Å². The third-order valence-electron chi connectivity index (χ3n) is 5.45. The van der Waals surface area contributed by atoms with Crippen LogP contribution in [0.15, 0.2) is 46.6 Å². The number of ether oxygens (including phenoxy) is 1. The van der Waals surface area contributed by atoms with Crippen LogP contribution in [0.3, 0.4) is 0 Å². The van der Waals surface area contributed by atoms with Crippen molar-refractivity contribution in [3.05, 3.63) is 64.2 Å². The molecule has 1 unspecified atom stereocenters. The van der Waals surface area contributed by atoms with Crippen molar-refractivity contribution in [2.75, 3.05) is 12.9 Å². The summed E-state index contributed by atoms with van der Waals surface area (Å²) in [6, 6.07) is 10.7. The number of carbonyl (C=O) groups excluding carboxylic acids is 2. The van der Waals surface area contributed by atoms with Gasteiger partial charge in [0.05, 0.1) is 24.4 Å². The van der Waals surface area contributed by atoms with Gasteiger partial charge in [-0.2, -0.15) is 5.26 Å². The Hall–Kier alpha value is -3.38. The van der Waals surface area contributed by atoms with Gasteiger partial charge in [0.15, 0.2) is 0 Å². The van der Waals surface area contributed by atoms with E-state index in [0.717, 1.165) is 18.4 Å². The monoisotopic (exact) mass is 449 g/mol. The van der Waals surface area contributed by atoms with Crippen molar-refractivity contribution in [3.63, 3.8) is 0 Å². The average Bonchev–Trinajstić information content (AvgIpc) is 3.62. The zero-order valence-corrected chi connectivity index (χ0v) is 18.9. The number of aromatic nitrogens is 2. The molecule has 8 nitrogen and oxygen atoms in total. The average molecular weight is 450 g/mol. The second kappa shape index (κ2) is 9.01. The summed E-state index contributed by atoms with van der Waals surface area (Å²) >= 11 is 1.33. The Morgan fingerprint density at radius 1 is 1.28 bits per heavy atom. The van der Waals surface area contributed by atoms with Crippen LogP contribution in [0.25, 0.3) is 0 Å². The quantitative estimate of drug-likeness (QED) is 0.409. The zero-order chi connectivity index (χ0) is 22.8. The van der Waals surface area contributed by atoms with E-state index >= 15 is 0 Å². The van der Waals surface area contributed by atoms with Gasteiger partial charge >= 0.3 is 12.0 Å². The number of nitriles is 1. The standard InChI is InChI=1S/C23H23N5O3S/c1-13-17(11-24)21(26-14(2)25-13)32-12-18-19(22(29)31-3)20(15-7-5-4-6-8-15)27-23(30)28(18)16-9-10-16/h4-8,16,20H,9-10,12H2,1-3H3,(H,27,30). The van der Waals surface area contributed by atoms with Crippen molar-refractivity contribution >= 4 is 23.8 Å². The first-order valence-electron chi connectivity index (χ1n) is 10.3. The van der Waals surface area contributed by atoms with Gasteiger partial charge in [-0.25, -0.2) is 19.6 Å². The molecule has 0 bridgehead atoms. The highest BCUT2D eigenvalue weighted by Crippen LogP contribution is 2.40. The minimum atomic E-state index is -0.619. The fourth-order valence-electron chi connectivity index (χ4n) is 3.84. The van der Waals surface area contributed by atoms with Crippen LogP contribution in [0.4, 0.5) is 4.79 Å². The van der Waals surface area contributed by atoms with Gasteiger partial charge in [-0.1, -0.05) is 42.1 Å². The molecule has 1 fully saturated rings. The van der Waals surface area contributed by atoms with E-state index in [4.69, 9.17) is 4.74 Å². The molecule has 164 valence electrons. The van der Waals surface area contributed by atoms with E-state index in [9.17, 15) is 14.9 Å². The number of aryl methyl sites for hydroxylation is 2. The van der Waals surface area contributed by atoms with Crippen LogP contribution in [0.1, 0.15) is 41.5 Å². The predicted molar refractivity (Wildman–Crippen MR) is 119 cm³/mol. The van der Waals surface area contributed by atoms with E-state index in [-0.39, 0.29) is 12.1 Å². The first kappa shape index (κ1) is 21.8. The van der Waals surface area contributed by atoms with Gasteiger partial charge in [-0.3, -0.25) is 4.90 Å². The van der Waals surface area contributed by atoms with Crippen LogP contribution >= 0.6 is 11.8 Å². The molecule has 4 rings (SSSR count). The topological polar surface area (TPSA) is 108 Å². The number of methoxy groups -OCH3 is 1. The molecule has 1 aromatic heterocycles. The highest BCUT2D eigenvalue weighted by molar-refractivity contribution is 7.99. The molecule has 1 aromatic carbocycles. The van der Waals surface area contributed by atoms with E-state index < -0.39 is 12.0 Å². The summed E-state index contributed by atoms with van der Waals surface area (Å²) in [5.41, 5.74) is 2.80. The van der Waals surface area contributed by atoms with E-state index in [1.165, 1.54) is 18.9 Å². The Morgan fingerprint density at radius 2 is 2.00 bits per heavy atom. The molecule has 2 aliphatic rings. The number of rotatable bonds is 6. The molecule has 9 heteroatoms. The minimum Gasteiger partial charge on any atom is -0.466 e. The Bertz CT molecular complexity index is 1140. The number of esters is 1. The van der Waals surface area contributed by atoms with Crippen molar-refractivity contribution < 1.29 is 14.3 Å². The number of amides is 2. The molecule has 0 saturated heterocycles. The lowest BCUT2D eigenvalue weighted by molar-refractivity contribution is -0.136. The first-order chi connectivity index (χ1) is 15.4. The summed E-state index contributed by atoms with van der Waals surface area (Å²) in [7, 11) is 1.34. The van der Waals surface area contributed by atoms with E-state index in [0.29, 0.717) is 39.1 Å². The summed E-state index contributed by atoms with van der Waals surface area (Å²) in [5.74, 6) is 0.367. The maximum absolute atomic E-state index is 13.1. The summed E-state index contributed by atoms with van der Waals surface area (Å²) in [5, 5.41) is 13.1. The second-order valence-electron chi connectivity index (χ2n) is 7.68. The van der Waals surface area contributed by atoms with Gasteiger partial charge in [-0.15, -0.1) is 0 Å². The van der Waals surface area contributed by atoms with E-state index in [1.54, 1.807) is 18.7 Å². The van der Waals surface area contributed by atoms with Crippen molar-refractivity contribution in [2.45, 2.75) is 43.8 Å². The Morgan fingerprint density at radius 3 is 2.62 bits per heavy atom. The third-order valence-corrected chi connectivity index (χ3v) is 6.44. The summed E-state index contributed by atoms with van der Waals surface area (Å²) in [6.45, 7) is 3.54. The SMILES string of the molecule is COC(=O)C1=C(CSc2nc(C)nc(C)c2C#N)N(C2CC2)C(=O)NC1c1ccccc1. The molecule has 0 radical (unpaired) electrons. The summed E-state index contributed by atoms with van der Waals surface area (Å²) in [6.07, 6.45) is 1.75. The fraction of sp³-hybridized carbons (Fsp3) is 0.348. The smallest absolute Gasteiger partial charge is 0.338 e. The van der Waals surface area contributed by atoms with Crippen LogP contribution in [-0.4, -0.2) is 45.8 Å². The fourth-order valence-corrected chi connectivity index (χ4v) is 4.94. The lowest BCUT2D eigenvalue weighted by Gasteiger charge is -2.36. The van der Waals surface area contributed by atoms with Gasteiger partial charge in [0.25, 0.3) is 0 Å². The Labute approximate surface area is 190 Å². The van der Waals surface area contributed by atoms with Gasteiger partial charge in [-0.05, 0) is 32.3 Å². The lowest BCUT2D eigenvalue weighted by Crippen LogP contribution is -2.50. The minimum absolute atomic E-state index is 0.0475. The molecule has 1 atom stereocenters. The molecule has 1 aliphatic carbocycles. The highest BCUT2D eigenvalue weighted by Gasteiger charge is 2.44. The molecule has 2 aromatic rings. The predicted octanol–water partition coefficient (Wildman–Crippen LogP) is 3.41. The molecule has 2 amide bonds. The zero-order valence-electron chi connectivity index (χ0n) is 18.1. The number of hydrogen-bond acceptors (Lipinski definition) is 7.